The topological polar surface area (TPSA) is 98.1 Å². The van der Waals surface area contributed by atoms with Crippen molar-refractivity contribution in [1.82, 2.24) is 4.90 Å². The molecule has 0 bridgehead atoms. The Kier molecular flexibility index (Phi) is 7.56. The summed E-state index contributed by atoms with van der Waals surface area (Å²) in [5.41, 5.74) is 1.07. The smallest absolute Gasteiger partial charge is 0.340 e. The highest BCUT2D eigenvalue weighted by Gasteiger charge is 2.27. The molecule has 2 heterocycles. The minimum atomic E-state index is -0.512. The fourth-order valence-electron chi connectivity index (χ4n) is 2.80. The number of hydrogen-bond acceptors (Lipinski definition) is 8. The lowest BCUT2D eigenvalue weighted by Gasteiger charge is -2.17. The van der Waals surface area contributed by atoms with Crippen molar-refractivity contribution in [2.24, 2.45) is 0 Å². The van der Waals surface area contributed by atoms with Crippen LogP contribution >= 0.6 is 11.8 Å². The van der Waals surface area contributed by atoms with Gasteiger partial charge >= 0.3 is 11.9 Å². The van der Waals surface area contributed by atoms with Crippen LogP contribution in [0.25, 0.3) is 0 Å². The monoisotopic (exact) mass is 430 g/mol. The quantitative estimate of drug-likeness (QED) is 0.368. The lowest BCUT2D eigenvalue weighted by Crippen LogP contribution is -2.27. The normalized spacial score (nSPS) is 14.8. The second-order valence-electron chi connectivity index (χ2n) is 6.31. The van der Waals surface area contributed by atoms with Gasteiger partial charge in [0.05, 0.1) is 48.9 Å². The van der Waals surface area contributed by atoms with Crippen molar-refractivity contribution in [1.29, 1.82) is 0 Å². The van der Waals surface area contributed by atoms with Crippen molar-refractivity contribution in [3.05, 3.63) is 65.1 Å². The molecule has 0 radical (unpaired) electrons. The summed E-state index contributed by atoms with van der Waals surface area (Å²) in [5, 5.41) is 3.71. The highest BCUT2D eigenvalue weighted by Crippen LogP contribution is 2.28. The Morgan fingerprint density at radius 2 is 2.10 bits per heavy atom. The number of benzene rings is 1. The van der Waals surface area contributed by atoms with Gasteiger partial charge < -0.3 is 24.1 Å². The number of carbonyl (C=O) groups excluding carboxylic acids is 3. The standard InChI is InChI=1S/C21H22N2O6S/c1-27-20(25)12-19-23(18(24)14-30-19)9-5-11-29-21(26)16-7-2-3-8-17(16)22-13-15-6-4-10-28-15/h2-4,6-8,10,12,22H,5,9,11,13-14H2,1H3/b19-12+. The lowest BCUT2D eigenvalue weighted by molar-refractivity contribution is -0.134. The van der Waals surface area contributed by atoms with Crippen molar-refractivity contribution in [3.8, 4) is 0 Å². The number of furan rings is 1. The minimum absolute atomic E-state index is 0.0889. The summed E-state index contributed by atoms with van der Waals surface area (Å²) in [6.07, 6.45) is 3.33. The third-order valence-corrected chi connectivity index (χ3v) is 5.32. The third-order valence-electron chi connectivity index (χ3n) is 4.29. The van der Waals surface area contributed by atoms with Gasteiger partial charge in [0.1, 0.15) is 5.76 Å². The van der Waals surface area contributed by atoms with Crippen LogP contribution in [0, 0.1) is 0 Å². The maximum atomic E-state index is 12.5. The van der Waals surface area contributed by atoms with Crippen LogP contribution in [0.1, 0.15) is 22.5 Å². The van der Waals surface area contributed by atoms with E-state index in [0.717, 1.165) is 5.76 Å². The maximum Gasteiger partial charge on any atom is 0.340 e. The van der Waals surface area contributed by atoms with Gasteiger partial charge in [-0.2, -0.15) is 0 Å². The first-order valence-electron chi connectivity index (χ1n) is 9.33. The van der Waals surface area contributed by atoms with Gasteiger partial charge in [-0.1, -0.05) is 23.9 Å². The summed E-state index contributed by atoms with van der Waals surface area (Å²) in [6.45, 7) is 0.937. The van der Waals surface area contributed by atoms with E-state index in [1.807, 2.05) is 12.1 Å². The van der Waals surface area contributed by atoms with Crippen molar-refractivity contribution < 1.29 is 28.3 Å². The number of hydrogen-bond donors (Lipinski definition) is 1. The SMILES string of the molecule is COC(=O)/C=C1/SCC(=O)N1CCCOC(=O)c1ccccc1NCc1ccco1. The van der Waals surface area contributed by atoms with Gasteiger partial charge in [0.15, 0.2) is 0 Å². The van der Waals surface area contributed by atoms with Gasteiger partial charge in [-0.3, -0.25) is 4.79 Å². The molecule has 1 fully saturated rings. The Balaban J connectivity index is 1.50. The molecule has 8 nitrogen and oxygen atoms in total. The van der Waals surface area contributed by atoms with E-state index in [1.54, 1.807) is 30.5 Å². The molecule has 1 N–H and O–H groups in total. The number of ether oxygens (including phenoxy) is 2. The predicted octanol–water partition coefficient (Wildman–Crippen LogP) is 3.03. The number of nitrogens with one attached hydrogen (secondary N) is 1. The molecule has 0 spiro atoms. The first kappa shape index (κ1) is 21.5. The summed E-state index contributed by atoms with van der Waals surface area (Å²) < 4.78 is 15.3. The molecule has 3 rings (SSSR count). The van der Waals surface area contributed by atoms with Crippen LogP contribution < -0.4 is 5.32 Å². The molecule has 1 aromatic heterocycles. The van der Waals surface area contributed by atoms with Crippen molar-refractivity contribution in [3.63, 3.8) is 0 Å². The number of anilines is 1. The number of methoxy groups -OCH3 is 1. The van der Waals surface area contributed by atoms with E-state index >= 15 is 0 Å². The Bertz CT molecular complexity index is 925. The van der Waals surface area contributed by atoms with Gasteiger partial charge in [-0.15, -0.1) is 0 Å². The molecule has 0 saturated carbocycles. The Hall–Kier alpha value is -3.20. The second kappa shape index (κ2) is 10.5. The lowest BCUT2D eigenvalue weighted by atomic mass is 10.2. The van der Waals surface area contributed by atoms with Crippen molar-refractivity contribution in [2.45, 2.75) is 13.0 Å². The van der Waals surface area contributed by atoms with E-state index in [0.29, 0.717) is 35.8 Å². The van der Waals surface area contributed by atoms with Gasteiger partial charge in [0.2, 0.25) is 5.91 Å². The van der Waals surface area contributed by atoms with Crippen molar-refractivity contribution >= 4 is 35.3 Å². The van der Waals surface area contributed by atoms with Crippen LogP contribution in [0.4, 0.5) is 5.69 Å². The molecule has 0 aliphatic carbocycles. The van der Waals surface area contributed by atoms with Crippen LogP contribution in [-0.4, -0.2) is 48.8 Å². The molecule has 0 atom stereocenters. The number of rotatable bonds is 9. The number of thioether (sulfide) groups is 1. The number of esters is 2. The molecule has 158 valence electrons. The Morgan fingerprint density at radius 3 is 2.87 bits per heavy atom. The van der Waals surface area contributed by atoms with Crippen molar-refractivity contribution in [2.75, 3.05) is 31.3 Å². The van der Waals surface area contributed by atoms with E-state index in [4.69, 9.17) is 9.15 Å². The van der Waals surface area contributed by atoms with E-state index in [1.165, 1.54) is 29.8 Å². The molecule has 0 unspecified atom stereocenters. The zero-order valence-corrected chi connectivity index (χ0v) is 17.3. The van der Waals surface area contributed by atoms with E-state index in [-0.39, 0.29) is 18.3 Å². The summed E-state index contributed by atoms with van der Waals surface area (Å²) >= 11 is 1.28. The number of carbonyl (C=O) groups is 3. The predicted molar refractivity (Wildman–Crippen MR) is 112 cm³/mol. The number of amides is 1. The molecule has 1 saturated heterocycles. The molecule has 1 aromatic carbocycles. The summed E-state index contributed by atoms with van der Waals surface area (Å²) in [4.78, 5) is 37.4. The van der Waals surface area contributed by atoms with Crippen LogP contribution in [0.5, 0.6) is 0 Å². The van der Waals surface area contributed by atoms with Gasteiger partial charge in [-0.05, 0) is 30.7 Å². The molecule has 2 aromatic rings. The first-order chi connectivity index (χ1) is 14.6. The van der Waals surface area contributed by atoms with Gasteiger partial charge in [-0.25, -0.2) is 9.59 Å². The largest absolute Gasteiger partial charge is 0.467 e. The molecular formula is C21H22N2O6S. The van der Waals surface area contributed by atoms with E-state index in [9.17, 15) is 14.4 Å². The molecular weight excluding hydrogens is 408 g/mol. The average Bonchev–Trinajstić information content (AvgIpc) is 3.40. The van der Waals surface area contributed by atoms with Crippen LogP contribution in [0.15, 0.2) is 58.2 Å². The van der Waals surface area contributed by atoms with E-state index < -0.39 is 11.9 Å². The highest BCUT2D eigenvalue weighted by molar-refractivity contribution is 8.04. The zero-order chi connectivity index (χ0) is 21.3. The minimum Gasteiger partial charge on any atom is -0.467 e. The van der Waals surface area contributed by atoms with Gasteiger partial charge in [0.25, 0.3) is 0 Å². The van der Waals surface area contributed by atoms with Gasteiger partial charge in [0, 0.05) is 12.2 Å². The van der Waals surface area contributed by atoms with Crippen LogP contribution in [-0.2, 0) is 25.6 Å². The molecule has 1 aliphatic rings. The van der Waals surface area contributed by atoms with Crippen LogP contribution in [0.2, 0.25) is 0 Å². The molecule has 1 amide bonds. The number of nitrogens with zero attached hydrogens (tertiary/aromatic N) is 1. The first-order valence-corrected chi connectivity index (χ1v) is 10.3. The Morgan fingerprint density at radius 1 is 1.27 bits per heavy atom. The second-order valence-corrected chi connectivity index (χ2v) is 7.30. The maximum absolute atomic E-state index is 12.5. The summed E-state index contributed by atoms with van der Waals surface area (Å²) in [5.74, 6) is -0.0273. The molecule has 30 heavy (non-hydrogen) atoms. The zero-order valence-electron chi connectivity index (χ0n) is 16.5. The fraction of sp³-hybridized carbons (Fsp3) is 0.286. The summed E-state index contributed by atoms with van der Waals surface area (Å²) in [7, 11) is 1.28. The molecule has 1 aliphatic heterocycles. The summed E-state index contributed by atoms with van der Waals surface area (Å²) in [6, 6.07) is 10.7. The fourth-order valence-corrected chi connectivity index (χ4v) is 3.76. The third kappa shape index (κ3) is 5.66. The van der Waals surface area contributed by atoms with E-state index in [2.05, 4.69) is 10.1 Å². The highest BCUT2D eigenvalue weighted by atomic mass is 32.2. The van der Waals surface area contributed by atoms with Crippen LogP contribution in [0.3, 0.4) is 0 Å². The molecule has 9 heteroatoms. The average molecular weight is 430 g/mol. The Labute approximate surface area is 178 Å². The number of para-hydroxylation sites is 1.